The molecule has 4 nitrogen and oxygen atoms in total. The molecule has 0 aromatic heterocycles. The number of ether oxygens (including phenoxy) is 2. The largest absolute Gasteiger partial charge is 0.486 e. The van der Waals surface area contributed by atoms with E-state index in [2.05, 4.69) is 53.3 Å². The molecular weight excluding hydrogens is 390 g/mol. The molecule has 6 heteroatoms. The maximum absolute atomic E-state index is 12.3. The number of benzene rings is 2. The van der Waals surface area contributed by atoms with E-state index in [4.69, 9.17) is 9.47 Å². The lowest BCUT2D eigenvalue weighted by atomic mass is 10.2. The Morgan fingerprint density at radius 3 is 2.62 bits per heavy atom. The van der Waals surface area contributed by atoms with E-state index in [0.717, 1.165) is 9.37 Å². The van der Waals surface area contributed by atoms with Crippen LogP contribution >= 0.6 is 27.7 Å². The summed E-state index contributed by atoms with van der Waals surface area (Å²) in [6.07, 6.45) is 0. The molecule has 0 atom stereocenters. The molecule has 0 saturated carbocycles. The Balaban J connectivity index is 1.65. The number of carbonyl (C=O) groups excluding carboxylic acids is 1. The molecule has 0 radical (unpaired) electrons. The van der Waals surface area contributed by atoms with Crippen molar-refractivity contribution < 1.29 is 14.3 Å². The minimum Gasteiger partial charge on any atom is -0.486 e. The number of nitrogens with one attached hydrogen (secondary N) is 1. The number of thioether (sulfide) groups is 1. The van der Waals surface area contributed by atoms with Gasteiger partial charge in [-0.1, -0.05) is 17.7 Å². The third-order valence-electron chi connectivity index (χ3n) is 3.61. The van der Waals surface area contributed by atoms with Gasteiger partial charge in [0.1, 0.15) is 13.2 Å². The third-order valence-corrected chi connectivity index (χ3v) is 5.42. The van der Waals surface area contributed by atoms with Crippen molar-refractivity contribution in [3.8, 4) is 11.5 Å². The van der Waals surface area contributed by atoms with Gasteiger partial charge in [0.2, 0.25) is 5.91 Å². The number of halogens is 1. The number of fused-ring (bicyclic) bond motifs is 1. The van der Waals surface area contributed by atoms with Gasteiger partial charge in [-0.2, -0.15) is 0 Å². The van der Waals surface area contributed by atoms with Crippen molar-refractivity contribution in [2.75, 3.05) is 24.3 Å². The van der Waals surface area contributed by atoms with Gasteiger partial charge in [0.15, 0.2) is 11.5 Å². The van der Waals surface area contributed by atoms with Crippen LogP contribution in [-0.2, 0) is 4.79 Å². The van der Waals surface area contributed by atoms with Gasteiger partial charge in [-0.3, -0.25) is 4.79 Å². The van der Waals surface area contributed by atoms with Crippen LogP contribution in [0.5, 0.6) is 11.5 Å². The van der Waals surface area contributed by atoms with Gasteiger partial charge in [0, 0.05) is 21.5 Å². The van der Waals surface area contributed by atoms with Crippen LogP contribution < -0.4 is 14.8 Å². The molecule has 1 heterocycles. The van der Waals surface area contributed by atoms with Gasteiger partial charge in [-0.25, -0.2) is 0 Å². The maximum atomic E-state index is 12.3. The average molecular weight is 408 g/mol. The molecule has 1 amide bonds. The predicted octanol–water partition coefficient (Wildman–Crippen LogP) is 4.57. The van der Waals surface area contributed by atoms with Crippen LogP contribution in [0.3, 0.4) is 0 Å². The zero-order valence-corrected chi connectivity index (χ0v) is 15.9. The first-order valence-corrected chi connectivity index (χ1v) is 9.40. The van der Waals surface area contributed by atoms with Crippen molar-refractivity contribution in [2.24, 2.45) is 0 Å². The molecule has 0 bridgehead atoms. The summed E-state index contributed by atoms with van der Waals surface area (Å²) in [5.74, 6) is 1.64. The summed E-state index contributed by atoms with van der Waals surface area (Å²) in [6.45, 7) is 5.16. The molecule has 2 aromatic carbocycles. The molecule has 0 saturated heterocycles. The lowest BCUT2D eigenvalue weighted by molar-refractivity contribution is -0.113. The zero-order valence-electron chi connectivity index (χ0n) is 13.5. The summed E-state index contributed by atoms with van der Waals surface area (Å²) in [5.41, 5.74) is 3.06. The third kappa shape index (κ3) is 4.05. The van der Waals surface area contributed by atoms with Gasteiger partial charge in [-0.15, -0.1) is 11.8 Å². The number of amides is 1. The summed E-state index contributed by atoms with van der Waals surface area (Å²) in [5, 5.41) is 2.92. The molecule has 0 spiro atoms. The van der Waals surface area contributed by atoms with Crippen LogP contribution in [-0.4, -0.2) is 24.9 Å². The maximum Gasteiger partial charge on any atom is 0.234 e. The second-order valence-corrected chi connectivity index (χ2v) is 7.45. The summed E-state index contributed by atoms with van der Waals surface area (Å²) in [4.78, 5) is 13.4. The normalized spacial score (nSPS) is 12.8. The molecule has 0 unspecified atom stereocenters. The standard InChI is InChI=1S/C18H18BrNO3S/c1-11-3-4-12(2)17(7-11)24-10-18(21)20-14-9-16-15(8-13(14)19)22-5-6-23-16/h3-4,7-9H,5-6,10H2,1-2H3,(H,20,21). The molecule has 1 aliphatic rings. The van der Waals surface area contributed by atoms with Crippen LogP contribution in [0.2, 0.25) is 0 Å². The molecule has 126 valence electrons. The number of aryl methyl sites for hydroxylation is 2. The van der Waals surface area contributed by atoms with Crippen LogP contribution in [0.25, 0.3) is 0 Å². The molecule has 24 heavy (non-hydrogen) atoms. The Bertz CT molecular complexity index is 779. The highest BCUT2D eigenvalue weighted by molar-refractivity contribution is 9.10. The molecule has 0 aliphatic carbocycles. The van der Waals surface area contributed by atoms with E-state index >= 15 is 0 Å². The van der Waals surface area contributed by atoms with E-state index in [-0.39, 0.29) is 5.91 Å². The van der Waals surface area contributed by atoms with Crippen molar-refractivity contribution >= 4 is 39.3 Å². The lowest BCUT2D eigenvalue weighted by Crippen LogP contribution is -2.17. The quantitative estimate of drug-likeness (QED) is 0.754. The van der Waals surface area contributed by atoms with Crippen molar-refractivity contribution in [1.82, 2.24) is 0 Å². The second kappa shape index (κ2) is 7.49. The summed E-state index contributed by atoms with van der Waals surface area (Å²) < 4.78 is 11.9. The van der Waals surface area contributed by atoms with Crippen LogP contribution in [0.4, 0.5) is 5.69 Å². The average Bonchev–Trinajstić information content (AvgIpc) is 2.56. The topological polar surface area (TPSA) is 47.6 Å². The fraction of sp³-hybridized carbons (Fsp3) is 0.278. The zero-order chi connectivity index (χ0) is 17.1. The molecule has 3 rings (SSSR count). The SMILES string of the molecule is Cc1ccc(C)c(SCC(=O)Nc2cc3c(cc2Br)OCCO3)c1. The molecule has 1 aliphatic heterocycles. The minimum absolute atomic E-state index is 0.0571. The first kappa shape index (κ1) is 17.2. The minimum atomic E-state index is -0.0571. The van der Waals surface area contributed by atoms with E-state index in [0.29, 0.717) is 36.2 Å². The summed E-state index contributed by atoms with van der Waals surface area (Å²) in [7, 11) is 0. The number of rotatable bonds is 4. The fourth-order valence-electron chi connectivity index (χ4n) is 2.35. The Morgan fingerprint density at radius 2 is 1.88 bits per heavy atom. The van der Waals surface area contributed by atoms with Crippen LogP contribution in [0.15, 0.2) is 39.7 Å². The van der Waals surface area contributed by atoms with Crippen molar-refractivity contribution in [2.45, 2.75) is 18.7 Å². The second-order valence-electron chi connectivity index (χ2n) is 5.58. The number of carbonyl (C=O) groups is 1. The van der Waals surface area contributed by atoms with Crippen LogP contribution in [0.1, 0.15) is 11.1 Å². The summed E-state index contributed by atoms with van der Waals surface area (Å²) >= 11 is 5.00. The van der Waals surface area contributed by atoms with Gasteiger partial charge < -0.3 is 14.8 Å². The molecule has 1 N–H and O–H groups in total. The fourth-order valence-corrected chi connectivity index (χ4v) is 3.70. The predicted molar refractivity (Wildman–Crippen MR) is 100 cm³/mol. The van der Waals surface area contributed by atoms with Gasteiger partial charge in [0.05, 0.1) is 11.4 Å². The van der Waals surface area contributed by atoms with E-state index < -0.39 is 0 Å². The monoisotopic (exact) mass is 407 g/mol. The van der Waals surface area contributed by atoms with E-state index in [1.165, 1.54) is 22.9 Å². The number of anilines is 1. The van der Waals surface area contributed by atoms with Crippen LogP contribution in [0, 0.1) is 13.8 Å². The highest BCUT2D eigenvalue weighted by atomic mass is 79.9. The number of hydrogen-bond acceptors (Lipinski definition) is 4. The Hall–Kier alpha value is -1.66. The van der Waals surface area contributed by atoms with Crippen molar-refractivity contribution in [3.63, 3.8) is 0 Å². The van der Waals surface area contributed by atoms with Crippen molar-refractivity contribution in [3.05, 3.63) is 45.9 Å². The molecule has 0 fully saturated rings. The first-order valence-electron chi connectivity index (χ1n) is 7.62. The molecule has 2 aromatic rings. The molecular formula is C18H18BrNO3S. The summed E-state index contributed by atoms with van der Waals surface area (Å²) in [6, 6.07) is 9.87. The number of hydrogen-bond donors (Lipinski definition) is 1. The Labute approximate surface area is 154 Å². The van der Waals surface area contributed by atoms with Gasteiger partial charge >= 0.3 is 0 Å². The van der Waals surface area contributed by atoms with E-state index in [1.54, 1.807) is 6.07 Å². The smallest absolute Gasteiger partial charge is 0.234 e. The Kier molecular flexibility index (Phi) is 5.36. The first-order chi connectivity index (χ1) is 11.5. The highest BCUT2D eigenvalue weighted by Gasteiger charge is 2.16. The van der Waals surface area contributed by atoms with E-state index in [9.17, 15) is 4.79 Å². The van der Waals surface area contributed by atoms with Gasteiger partial charge in [0.25, 0.3) is 0 Å². The lowest BCUT2D eigenvalue weighted by Gasteiger charge is -2.20. The van der Waals surface area contributed by atoms with E-state index in [1.807, 2.05) is 6.07 Å². The van der Waals surface area contributed by atoms with Crippen molar-refractivity contribution in [1.29, 1.82) is 0 Å². The van der Waals surface area contributed by atoms with Gasteiger partial charge in [-0.05, 0) is 41.4 Å². The Morgan fingerprint density at radius 1 is 1.17 bits per heavy atom. The highest BCUT2D eigenvalue weighted by Crippen LogP contribution is 2.38.